The van der Waals surface area contributed by atoms with Crippen molar-refractivity contribution < 1.29 is 22.8 Å². The van der Waals surface area contributed by atoms with Crippen LogP contribution in [0.3, 0.4) is 0 Å². The number of halogens is 3. The van der Waals surface area contributed by atoms with E-state index in [2.05, 4.69) is 0 Å². The summed E-state index contributed by atoms with van der Waals surface area (Å²) in [5.41, 5.74) is 0.305. The molecule has 2 aromatic heterocycles. The van der Waals surface area contributed by atoms with Crippen LogP contribution in [0.15, 0.2) is 24.4 Å². The molecule has 1 amide bonds. The molecule has 0 aromatic carbocycles. The molecule has 0 aliphatic carbocycles. The zero-order valence-corrected chi connectivity index (χ0v) is 13.4. The summed E-state index contributed by atoms with van der Waals surface area (Å²) in [5, 5.41) is 2.41. The maximum atomic E-state index is 12.6. The molecule has 10 heteroatoms. The third-order valence-corrected chi connectivity index (χ3v) is 4.66. The quantitative estimate of drug-likeness (QED) is 0.639. The van der Waals surface area contributed by atoms with E-state index < -0.39 is 17.0 Å². The van der Waals surface area contributed by atoms with Crippen LogP contribution in [0.1, 0.15) is 25.7 Å². The molecule has 0 bridgehead atoms. The first-order valence-corrected chi connectivity index (χ1v) is 7.63. The molecular formula is C14H13BF3N3O2S. The zero-order valence-electron chi connectivity index (χ0n) is 12.6. The summed E-state index contributed by atoms with van der Waals surface area (Å²) in [4.78, 5) is 23.7. The number of nitrogens with zero attached hydrogens (tertiary/aromatic N) is 2. The van der Waals surface area contributed by atoms with Crippen molar-refractivity contribution in [3.8, 4) is 0 Å². The van der Waals surface area contributed by atoms with Crippen LogP contribution in [0.2, 0.25) is 0 Å². The molecule has 0 fully saturated rings. The van der Waals surface area contributed by atoms with Gasteiger partial charge in [-0.25, -0.2) is 0 Å². The summed E-state index contributed by atoms with van der Waals surface area (Å²) in [5.74, 6) is -0.586. The van der Waals surface area contributed by atoms with Crippen LogP contribution >= 0.6 is 11.3 Å². The number of nitrogens with one attached hydrogen (secondary N) is 1. The number of carbonyl (C=O) groups is 2. The molecule has 0 saturated carbocycles. The SMILES string of the molecule is [B]NC(=O)c1ccn(CCN(C)c2ccc(C(F)(F)F)s2)c1C=O. The second-order valence-corrected chi connectivity index (χ2v) is 6.02. The Morgan fingerprint density at radius 2 is 2.12 bits per heavy atom. The maximum absolute atomic E-state index is 12.6. The Morgan fingerprint density at radius 1 is 1.42 bits per heavy atom. The Balaban J connectivity index is 2.08. The van der Waals surface area contributed by atoms with Crippen molar-refractivity contribution >= 4 is 36.5 Å². The van der Waals surface area contributed by atoms with Crippen LogP contribution in [-0.4, -0.2) is 38.3 Å². The van der Waals surface area contributed by atoms with E-state index in [1.165, 1.54) is 12.1 Å². The molecule has 24 heavy (non-hydrogen) atoms. The second-order valence-electron chi connectivity index (χ2n) is 4.96. The summed E-state index contributed by atoms with van der Waals surface area (Å²) in [6.07, 6.45) is -2.27. The van der Waals surface area contributed by atoms with Crippen LogP contribution in [-0.2, 0) is 12.7 Å². The maximum Gasteiger partial charge on any atom is 0.425 e. The van der Waals surface area contributed by atoms with Crippen LogP contribution in [0.5, 0.6) is 0 Å². The number of anilines is 1. The molecule has 0 spiro atoms. The minimum atomic E-state index is -4.36. The Bertz CT molecular complexity index is 742. The molecular weight excluding hydrogens is 342 g/mol. The molecule has 0 aliphatic rings. The van der Waals surface area contributed by atoms with Gasteiger partial charge in [0, 0.05) is 26.3 Å². The lowest BCUT2D eigenvalue weighted by Crippen LogP contribution is -2.24. The average Bonchev–Trinajstić information content (AvgIpc) is 3.17. The number of thiophene rings is 1. The van der Waals surface area contributed by atoms with E-state index in [1.807, 2.05) is 5.23 Å². The van der Waals surface area contributed by atoms with Crippen molar-refractivity contribution in [3.05, 3.63) is 40.5 Å². The van der Waals surface area contributed by atoms with Gasteiger partial charge >= 0.3 is 6.18 Å². The van der Waals surface area contributed by atoms with E-state index >= 15 is 0 Å². The van der Waals surface area contributed by atoms with Gasteiger partial charge < -0.3 is 14.7 Å². The third kappa shape index (κ3) is 3.81. The molecule has 2 heterocycles. The predicted octanol–water partition coefficient (Wildman–Crippen LogP) is 2.33. The van der Waals surface area contributed by atoms with Gasteiger partial charge in [-0.2, -0.15) is 13.2 Å². The largest absolute Gasteiger partial charge is 0.425 e. The molecule has 126 valence electrons. The van der Waals surface area contributed by atoms with Crippen LogP contribution in [0.25, 0.3) is 0 Å². The zero-order chi connectivity index (χ0) is 17.9. The number of hydrogen-bond acceptors (Lipinski definition) is 4. The first kappa shape index (κ1) is 18.1. The number of alkyl halides is 3. The molecule has 0 atom stereocenters. The lowest BCUT2D eigenvalue weighted by molar-refractivity contribution is -0.134. The summed E-state index contributed by atoms with van der Waals surface area (Å²) >= 11 is 0.648. The first-order chi connectivity index (χ1) is 11.3. The predicted molar refractivity (Wildman–Crippen MR) is 85.6 cm³/mol. The van der Waals surface area contributed by atoms with Gasteiger partial charge in [-0.05, 0) is 18.2 Å². The minimum absolute atomic E-state index is 0.144. The van der Waals surface area contributed by atoms with Crippen molar-refractivity contribution in [3.63, 3.8) is 0 Å². The Hall–Kier alpha value is -2.23. The van der Waals surface area contributed by atoms with Gasteiger partial charge in [0.25, 0.3) is 0 Å². The van der Waals surface area contributed by atoms with Gasteiger partial charge in [0.2, 0.25) is 13.9 Å². The van der Waals surface area contributed by atoms with Gasteiger partial charge in [-0.3, -0.25) is 9.59 Å². The standard InChI is InChI=1S/C14H13BF3N3O2S/c1-20(12-3-2-11(24-12)14(16,17)18)6-7-21-5-4-9(10(21)8-22)13(23)19-15/h2-5,8H,6-7H2,1H3,(H,19,23). The number of aromatic nitrogens is 1. The topological polar surface area (TPSA) is 54.3 Å². The minimum Gasteiger partial charge on any atom is -0.405 e. The number of likely N-dealkylation sites (N-methyl/N-ethyl adjacent to an activating group) is 1. The summed E-state index contributed by atoms with van der Waals surface area (Å²) < 4.78 is 39.4. The van der Waals surface area contributed by atoms with Crippen LogP contribution in [0, 0.1) is 0 Å². The molecule has 0 saturated heterocycles. The average molecular weight is 355 g/mol. The molecule has 5 nitrogen and oxygen atoms in total. The molecule has 0 unspecified atom stereocenters. The van der Waals surface area contributed by atoms with Crippen molar-refractivity contribution in [1.82, 2.24) is 9.79 Å². The van der Waals surface area contributed by atoms with Crippen molar-refractivity contribution in [2.24, 2.45) is 0 Å². The lowest BCUT2D eigenvalue weighted by atomic mass is 10.2. The van der Waals surface area contributed by atoms with Crippen LogP contribution < -0.4 is 10.1 Å². The molecule has 1 N–H and O–H groups in total. The number of carbonyl (C=O) groups excluding carboxylic acids is 2. The number of aldehydes is 1. The Morgan fingerprint density at radius 3 is 2.67 bits per heavy atom. The highest BCUT2D eigenvalue weighted by molar-refractivity contribution is 7.16. The Kier molecular flexibility index (Phi) is 5.38. The number of rotatable bonds is 6. The number of hydrogen-bond donors (Lipinski definition) is 1. The monoisotopic (exact) mass is 355 g/mol. The van der Waals surface area contributed by atoms with Crippen molar-refractivity contribution in [2.45, 2.75) is 12.7 Å². The fourth-order valence-electron chi connectivity index (χ4n) is 2.13. The molecule has 2 rings (SSSR count). The highest BCUT2D eigenvalue weighted by Gasteiger charge is 2.32. The normalized spacial score (nSPS) is 11.3. The third-order valence-electron chi connectivity index (χ3n) is 3.42. The second kappa shape index (κ2) is 7.12. The summed E-state index contributed by atoms with van der Waals surface area (Å²) in [6, 6.07) is 3.89. The molecule has 2 radical (unpaired) electrons. The number of amides is 1. The summed E-state index contributed by atoms with van der Waals surface area (Å²) in [7, 11) is 6.71. The van der Waals surface area contributed by atoms with E-state index in [4.69, 9.17) is 7.98 Å². The molecule has 0 aliphatic heterocycles. The van der Waals surface area contributed by atoms with Crippen molar-refractivity contribution in [2.75, 3.05) is 18.5 Å². The highest BCUT2D eigenvalue weighted by Crippen LogP contribution is 2.37. The Labute approximate surface area is 141 Å². The first-order valence-electron chi connectivity index (χ1n) is 6.81. The van der Waals surface area contributed by atoms with Gasteiger partial charge in [-0.15, -0.1) is 11.3 Å². The van der Waals surface area contributed by atoms with E-state index in [0.29, 0.717) is 35.7 Å². The van der Waals surface area contributed by atoms with Gasteiger partial charge in [-0.1, -0.05) is 0 Å². The molecule has 2 aromatic rings. The smallest absolute Gasteiger partial charge is 0.405 e. The van der Waals surface area contributed by atoms with Crippen molar-refractivity contribution in [1.29, 1.82) is 0 Å². The van der Waals surface area contributed by atoms with E-state index in [1.54, 1.807) is 22.7 Å². The fourth-order valence-corrected chi connectivity index (χ4v) is 2.99. The fraction of sp³-hybridized carbons (Fsp3) is 0.286. The van der Waals surface area contributed by atoms with Gasteiger partial charge in [0.1, 0.15) is 4.88 Å². The highest BCUT2D eigenvalue weighted by atomic mass is 32.1. The van der Waals surface area contributed by atoms with Gasteiger partial charge in [0.05, 0.1) is 16.3 Å². The van der Waals surface area contributed by atoms with E-state index in [0.717, 1.165) is 6.07 Å². The summed E-state index contributed by atoms with van der Waals surface area (Å²) in [6.45, 7) is 0.679. The van der Waals surface area contributed by atoms with E-state index in [9.17, 15) is 22.8 Å². The van der Waals surface area contributed by atoms with Gasteiger partial charge in [0.15, 0.2) is 6.29 Å². The van der Waals surface area contributed by atoms with Crippen LogP contribution in [0.4, 0.5) is 18.2 Å². The lowest BCUT2D eigenvalue weighted by Gasteiger charge is -2.18. The van der Waals surface area contributed by atoms with E-state index in [-0.39, 0.29) is 11.3 Å².